The van der Waals surface area contributed by atoms with Crippen molar-refractivity contribution < 1.29 is 4.74 Å². The van der Waals surface area contributed by atoms with E-state index in [0.29, 0.717) is 6.10 Å². The van der Waals surface area contributed by atoms with Crippen LogP contribution in [0.25, 0.3) is 0 Å². The van der Waals surface area contributed by atoms with Crippen LogP contribution in [-0.2, 0) is 4.74 Å². The molecule has 0 N–H and O–H groups in total. The van der Waals surface area contributed by atoms with Gasteiger partial charge in [-0.1, -0.05) is 0 Å². The van der Waals surface area contributed by atoms with Crippen molar-refractivity contribution in [3.05, 3.63) is 0 Å². The standard InChI is InChI=1S/C5H9NO/c1-6-2-5-4(6)3-7-5/h4-5H,2-3H2,1H3/t4?,5-/m0/s1. The highest BCUT2D eigenvalue weighted by Gasteiger charge is 2.44. The van der Waals surface area contributed by atoms with Crippen LogP contribution in [0, 0.1) is 0 Å². The van der Waals surface area contributed by atoms with Gasteiger partial charge in [0.2, 0.25) is 0 Å². The molecule has 0 spiro atoms. The Morgan fingerprint density at radius 1 is 1.71 bits per heavy atom. The number of ether oxygens (including phenoxy) is 1. The Balaban J connectivity index is 1.99. The second-order valence-electron chi connectivity index (χ2n) is 2.38. The summed E-state index contributed by atoms with van der Waals surface area (Å²) < 4.78 is 5.16. The van der Waals surface area contributed by atoms with Crippen LogP contribution in [-0.4, -0.2) is 37.2 Å². The molecule has 2 heteroatoms. The first-order chi connectivity index (χ1) is 3.38. The van der Waals surface area contributed by atoms with E-state index in [4.69, 9.17) is 4.74 Å². The van der Waals surface area contributed by atoms with E-state index >= 15 is 0 Å². The van der Waals surface area contributed by atoms with Gasteiger partial charge in [0.25, 0.3) is 0 Å². The lowest BCUT2D eigenvalue weighted by molar-refractivity contribution is -0.205. The Kier molecular flexibility index (Phi) is 0.557. The van der Waals surface area contributed by atoms with Crippen molar-refractivity contribution in [1.29, 1.82) is 0 Å². The van der Waals surface area contributed by atoms with Crippen LogP contribution in [0.1, 0.15) is 0 Å². The van der Waals surface area contributed by atoms with Crippen LogP contribution in [0.15, 0.2) is 0 Å². The quantitative estimate of drug-likeness (QED) is 0.413. The zero-order valence-electron chi connectivity index (χ0n) is 4.42. The highest BCUT2D eigenvalue weighted by molar-refractivity contribution is 4.97. The van der Waals surface area contributed by atoms with Crippen LogP contribution in [0.5, 0.6) is 0 Å². The summed E-state index contributed by atoms with van der Waals surface area (Å²) >= 11 is 0. The van der Waals surface area contributed by atoms with Crippen LogP contribution in [0.4, 0.5) is 0 Å². The molecule has 0 amide bonds. The Bertz CT molecular complexity index is 90.1. The van der Waals surface area contributed by atoms with E-state index in [1.165, 1.54) is 0 Å². The molecule has 0 bridgehead atoms. The number of rotatable bonds is 0. The average molecular weight is 99.1 g/mol. The summed E-state index contributed by atoms with van der Waals surface area (Å²) in [5.74, 6) is 0. The minimum Gasteiger partial charge on any atom is -0.373 e. The van der Waals surface area contributed by atoms with E-state index in [9.17, 15) is 0 Å². The van der Waals surface area contributed by atoms with Gasteiger partial charge in [-0.15, -0.1) is 0 Å². The third-order valence-corrected chi connectivity index (χ3v) is 1.94. The normalized spacial score (nSPS) is 49.3. The van der Waals surface area contributed by atoms with Gasteiger partial charge in [-0.05, 0) is 7.05 Å². The van der Waals surface area contributed by atoms with Crippen molar-refractivity contribution in [3.63, 3.8) is 0 Å². The predicted molar refractivity (Wildman–Crippen MR) is 26.2 cm³/mol. The highest BCUT2D eigenvalue weighted by atomic mass is 16.5. The van der Waals surface area contributed by atoms with Gasteiger partial charge in [0, 0.05) is 6.54 Å². The lowest BCUT2D eigenvalue weighted by atomic mass is 9.96. The van der Waals surface area contributed by atoms with Crippen molar-refractivity contribution in [3.8, 4) is 0 Å². The number of likely N-dealkylation sites (tertiary alicyclic amines) is 1. The lowest BCUT2D eigenvalue weighted by Gasteiger charge is -2.53. The van der Waals surface area contributed by atoms with Gasteiger partial charge in [-0.25, -0.2) is 0 Å². The smallest absolute Gasteiger partial charge is 0.0880 e. The minimum atomic E-state index is 0.616. The molecule has 40 valence electrons. The molecule has 2 saturated heterocycles. The number of fused-ring (bicyclic) bond motifs is 1. The molecule has 0 radical (unpaired) electrons. The van der Waals surface area contributed by atoms with Crippen LogP contribution >= 0.6 is 0 Å². The maximum Gasteiger partial charge on any atom is 0.0880 e. The SMILES string of the molecule is CN1C[C@@H]2OCC21. The van der Waals surface area contributed by atoms with Crippen molar-refractivity contribution in [2.24, 2.45) is 0 Å². The average Bonchev–Trinajstić information content (AvgIpc) is 1.59. The molecule has 0 aliphatic carbocycles. The number of morpholine rings is 1. The maximum atomic E-state index is 5.16. The van der Waals surface area contributed by atoms with Crippen LogP contribution in [0.2, 0.25) is 0 Å². The summed E-state index contributed by atoms with van der Waals surface area (Å²) in [7, 11) is 2.14. The molecule has 0 aromatic carbocycles. The molecule has 1 unspecified atom stereocenters. The predicted octanol–water partition coefficient (Wildman–Crippen LogP) is -0.301. The van der Waals surface area contributed by atoms with Gasteiger partial charge in [-0.2, -0.15) is 0 Å². The third-order valence-electron chi connectivity index (χ3n) is 1.94. The fraction of sp³-hybridized carbons (Fsp3) is 1.00. The van der Waals surface area contributed by atoms with Crippen molar-refractivity contribution in [2.45, 2.75) is 12.1 Å². The highest BCUT2D eigenvalue weighted by Crippen LogP contribution is 2.27. The summed E-state index contributed by atoms with van der Waals surface area (Å²) in [4.78, 5) is 2.33. The fourth-order valence-electron chi connectivity index (χ4n) is 1.19. The maximum absolute atomic E-state index is 5.16. The number of hydrogen-bond donors (Lipinski definition) is 0. The van der Waals surface area contributed by atoms with E-state index in [1.807, 2.05) is 0 Å². The lowest BCUT2D eigenvalue weighted by Crippen LogP contribution is -2.68. The Morgan fingerprint density at radius 2 is 2.57 bits per heavy atom. The molecule has 7 heavy (non-hydrogen) atoms. The van der Waals surface area contributed by atoms with Gasteiger partial charge in [0.1, 0.15) is 0 Å². The molecule has 2 fully saturated rings. The summed E-state index contributed by atoms with van der Waals surface area (Å²) in [6.07, 6.45) is 0.616. The topological polar surface area (TPSA) is 12.5 Å². The zero-order valence-corrected chi connectivity index (χ0v) is 4.42. The number of likely N-dealkylation sites (N-methyl/N-ethyl adjacent to an activating group) is 1. The summed E-state index contributed by atoms with van der Waals surface area (Å²) in [6.45, 7) is 2.13. The van der Waals surface area contributed by atoms with Crippen molar-refractivity contribution in [2.75, 3.05) is 20.2 Å². The summed E-state index contributed by atoms with van der Waals surface area (Å²) in [6, 6.07) is 0.792. The van der Waals surface area contributed by atoms with Gasteiger partial charge < -0.3 is 4.74 Å². The van der Waals surface area contributed by atoms with Crippen LogP contribution in [0.3, 0.4) is 0 Å². The van der Waals surface area contributed by atoms with Gasteiger partial charge >= 0.3 is 0 Å². The first-order valence-corrected chi connectivity index (χ1v) is 2.70. The molecule has 2 rings (SSSR count). The molecule has 2 atom stereocenters. The number of hydrogen-bond acceptors (Lipinski definition) is 2. The largest absolute Gasteiger partial charge is 0.373 e. The second kappa shape index (κ2) is 1.01. The zero-order chi connectivity index (χ0) is 4.85. The van der Waals surface area contributed by atoms with Crippen molar-refractivity contribution >= 4 is 0 Å². The molecule has 2 aliphatic rings. The molecule has 0 aromatic rings. The summed E-state index contributed by atoms with van der Waals surface area (Å²) in [5, 5.41) is 0. The molecular formula is C5H9NO. The first kappa shape index (κ1) is 3.87. The monoisotopic (exact) mass is 99.1 g/mol. The number of nitrogens with zero attached hydrogens (tertiary/aromatic N) is 1. The molecule has 0 aromatic heterocycles. The Morgan fingerprint density at radius 3 is 2.57 bits per heavy atom. The van der Waals surface area contributed by atoms with E-state index in [1.54, 1.807) is 0 Å². The van der Waals surface area contributed by atoms with E-state index in [-0.39, 0.29) is 0 Å². The molecular weight excluding hydrogens is 90.1 g/mol. The molecule has 2 aliphatic heterocycles. The van der Waals surface area contributed by atoms with E-state index < -0.39 is 0 Å². The van der Waals surface area contributed by atoms with Crippen LogP contribution < -0.4 is 0 Å². The molecule has 0 saturated carbocycles. The van der Waals surface area contributed by atoms with Gasteiger partial charge in [0.05, 0.1) is 18.8 Å². The Hall–Kier alpha value is -0.0800. The second-order valence-corrected chi connectivity index (χ2v) is 2.38. The summed E-state index contributed by atoms with van der Waals surface area (Å²) in [5.41, 5.74) is 0. The first-order valence-electron chi connectivity index (χ1n) is 2.70. The Labute approximate surface area is 43.1 Å². The van der Waals surface area contributed by atoms with Crippen molar-refractivity contribution in [1.82, 2.24) is 4.90 Å². The fourth-order valence-corrected chi connectivity index (χ4v) is 1.19. The molecule has 2 heterocycles. The van der Waals surface area contributed by atoms with E-state index in [2.05, 4.69) is 11.9 Å². The minimum absolute atomic E-state index is 0.616. The van der Waals surface area contributed by atoms with E-state index in [0.717, 1.165) is 19.2 Å². The molecule has 2 nitrogen and oxygen atoms in total. The third kappa shape index (κ3) is 0.318. The van der Waals surface area contributed by atoms with Gasteiger partial charge in [-0.3, -0.25) is 4.90 Å². The van der Waals surface area contributed by atoms with Gasteiger partial charge in [0.15, 0.2) is 0 Å².